The molecule has 0 spiro atoms. The van der Waals surface area contributed by atoms with E-state index in [1.165, 1.54) is 11.3 Å². The van der Waals surface area contributed by atoms with Crippen LogP contribution in [0.5, 0.6) is 0 Å². The Morgan fingerprint density at radius 1 is 1.09 bits per heavy atom. The van der Waals surface area contributed by atoms with Gasteiger partial charge in [0, 0.05) is 36.3 Å². The molecule has 2 fully saturated rings. The number of carbonyl (C=O) groups is 3. The van der Waals surface area contributed by atoms with Crippen molar-refractivity contribution in [3.8, 4) is 0 Å². The molecule has 13 heteroatoms. The number of hydrogen-bond acceptors (Lipinski definition) is 8. The lowest BCUT2D eigenvalue weighted by Gasteiger charge is -2.31. The van der Waals surface area contributed by atoms with Gasteiger partial charge < -0.3 is 10.4 Å². The number of pyridine rings is 1. The predicted molar refractivity (Wildman–Crippen MR) is 171 cm³/mol. The lowest BCUT2D eigenvalue weighted by molar-refractivity contribution is -0.141. The van der Waals surface area contributed by atoms with Crippen molar-refractivity contribution in [3.05, 3.63) is 87.7 Å². The summed E-state index contributed by atoms with van der Waals surface area (Å²) in [6.07, 6.45) is -1.07. The van der Waals surface area contributed by atoms with E-state index in [1.54, 1.807) is 26.0 Å². The number of thiazole rings is 1. The highest BCUT2D eigenvalue weighted by Gasteiger charge is 2.33. The van der Waals surface area contributed by atoms with Crippen molar-refractivity contribution in [3.63, 3.8) is 0 Å². The molecular formula is C34H34F3N5O4S. The number of piperidine rings is 2. The van der Waals surface area contributed by atoms with Gasteiger partial charge in [0.15, 0.2) is 0 Å². The van der Waals surface area contributed by atoms with Gasteiger partial charge in [0.2, 0.25) is 11.8 Å². The molecule has 0 saturated carbocycles. The zero-order chi connectivity index (χ0) is 33.5. The molecule has 1 atom stereocenters. The van der Waals surface area contributed by atoms with Gasteiger partial charge in [-0.25, -0.2) is 4.98 Å². The molecule has 2 saturated heterocycles. The summed E-state index contributed by atoms with van der Waals surface area (Å²) in [5.74, 6) is -1.19. The van der Waals surface area contributed by atoms with Crippen molar-refractivity contribution in [2.24, 2.45) is 0 Å². The lowest BCUT2D eigenvalue weighted by Crippen LogP contribution is -2.39. The third-order valence-corrected chi connectivity index (χ3v) is 9.88. The molecule has 47 heavy (non-hydrogen) atoms. The van der Waals surface area contributed by atoms with E-state index in [0.29, 0.717) is 29.6 Å². The summed E-state index contributed by atoms with van der Waals surface area (Å²) in [5.41, 5.74) is 1.06. The van der Waals surface area contributed by atoms with Crippen LogP contribution in [0.3, 0.4) is 0 Å². The molecule has 0 bridgehead atoms. The second kappa shape index (κ2) is 12.8. The smallest absolute Gasteiger partial charge is 0.386 e. The Morgan fingerprint density at radius 3 is 2.51 bits per heavy atom. The van der Waals surface area contributed by atoms with Crippen LogP contribution >= 0.6 is 11.3 Å². The highest BCUT2D eigenvalue weighted by Crippen LogP contribution is 2.39. The molecule has 2 aromatic carbocycles. The predicted octanol–water partition coefficient (Wildman–Crippen LogP) is 6.09. The maximum atomic E-state index is 13.0. The van der Waals surface area contributed by atoms with Gasteiger partial charge in [0.05, 0.1) is 32.3 Å². The van der Waals surface area contributed by atoms with Gasteiger partial charge in [0.1, 0.15) is 5.69 Å². The monoisotopic (exact) mass is 665 g/mol. The molecule has 246 valence electrons. The molecule has 0 radical (unpaired) electrons. The van der Waals surface area contributed by atoms with Crippen LogP contribution in [-0.2, 0) is 27.9 Å². The first-order valence-corrected chi connectivity index (χ1v) is 16.2. The summed E-state index contributed by atoms with van der Waals surface area (Å²) in [7, 11) is 0. The van der Waals surface area contributed by atoms with E-state index in [4.69, 9.17) is 4.98 Å². The minimum atomic E-state index is -4.61. The van der Waals surface area contributed by atoms with Gasteiger partial charge in [-0.3, -0.25) is 29.6 Å². The van der Waals surface area contributed by atoms with Gasteiger partial charge in [-0.05, 0) is 81.6 Å². The molecule has 4 aromatic rings. The first kappa shape index (κ1) is 32.7. The van der Waals surface area contributed by atoms with Crippen molar-refractivity contribution in [1.29, 1.82) is 0 Å². The molecule has 4 heterocycles. The molecule has 3 N–H and O–H groups in total. The molecule has 0 aliphatic carbocycles. The van der Waals surface area contributed by atoms with Crippen molar-refractivity contribution < 1.29 is 32.7 Å². The number of anilines is 1. The summed E-state index contributed by atoms with van der Waals surface area (Å²) in [4.78, 5) is 47.5. The van der Waals surface area contributed by atoms with Gasteiger partial charge >= 0.3 is 6.18 Å². The number of amides is 3. The number of benzene rings is 2. The van der Waals surface area contributed by atoms with Crippen molar-refractivity contribution >= 4 is 45.0 Å². The van der Waals surface area contributed by atoms with Crippen molar-refractivity contribution in [2.75, 3.05) is 18.4 Å². The van der Waals surface area contributed by atoms with Crippen LogP contribution in [0.25, 0.3) is 10.2 Å². The van der Waals surface area contributed by atoms with Gasteiger partial charge in [-0.15, -0.1) is 11.3 Å². The molecule has 2 aliphatic rings. The zero-order valence-corrected chi connectivity index (χ0v) is 26.7. The Balaban J connectivity index is 1.13. The molecule has 6 rings (SSSR count). The molecule has 1 unspecified atom stereocenters. The second-order valence-electron chi connectivity index (χ2n) is 12.7. The number of imide groups is 1. The number of nitrogens with one attached hydrogen (secondary N) is 2. The Morgan fingerprint density at radius 2 is 1.85 bits per heavy atom. The molecule has 2 aromatic heterocycles. The average Bonchev–Trinajstić information content (AvgIpc) is 3.43. The number of alkyl halides is 3. The maximum Gasteiger partial charge on any atom is 0.433 e. The molecule has 2 aliphatic heterocycles. The third-order valence-electron chi connectivity index (χ3n) is 8.70. The standard InChI is InChI=1S/C34H34F3N5O4S/c1-33(2,46)24-15-26-27(16-25(24)39-30(44)22-6-8-28(38-17-22)34(35,36)37)47-32(40-26)20-10-12-42(13-11-20)18-19-4-3-5-21(14-19)23-7-9-29(43)41-31(23)45/h3-6,8,14-17,20,23,46H,7,9-13,18H2,1-2H3,(H,39,44)(H,41,43,45). The summed E-state index contributed by atoms with van der Waals surface area (Å²) < 4.78 is 39.6. The summed E-state index contributed by atoms with van der Waals surface area (Å²) in [5, 5.41) is 17.1. The fraction of sp³-hybridized carbons (Fsp3) is 0.382. The summed E-state index contributed by atoms with van der Waals surface area (Å²) in [6, 6.07) is 13.3. The number of likely N-dealkylation sites (tertiary alicyclic amines) is 1. The van der Waals surface area contributed by atoms with E-state index in [0.717, 1.165) is 71.6 Å². The van der Waals surface area contributed by atoms with Gasteiger partial charge in [-0.1, -0.05) is 24.3 Å². The topological polar surface area (TPSA) is 125 Å². The fourth-order valence-electron chi connectivity index (χ4n) is 6.18. The highest BCUT2D eigenvalue weighted by molar-refractivity contribution is 7.18. The highest BCUT2D eigenvalue weighted by atomic mass is 32.1. The van der Waals surface area contributed by atoms with Crippen LogP contribution in [0.4, 0.5) is 18.9 Å². The average molecular weight is 666 g/mol. The van der Waals surface area contributed by atoms with E-state index in [2.05, 4.69) is 32.7 Å². The zero-order valence-electron chi connectivity index (χ0n) is 25.9. The number of carbonyl (C=O) groups excluding carboxylic acids is 3. The molecular weight excluding hydrogens is 631 g/mol. The minimum Gasteiger partial charge on any atom is -0.386 e. The van der Waals surface area contributed by atoms with Crippen LogP contribution < -0.4 is 10.6 Å². The van der Waals surface area contributed by atoms with Crippen LogP contribution in [0.15, 0.2) is 54.7 Å². The first-order valence-electron chi connectivity index (χ1n) is 15.4. The number of fused-ring (bicyclic) bond motifs is 1. The Kier molecular flexibility index (Phi) is 8.90. The molecule has 9 nitrogen and oxygen atoms in total. The fourth-order valence-corrected chi connectivity index (χ4v) is 7.34. The second-order valence-corrected chi connectivity index (χ2v) is 13.7. The van der Waals surface area contributed by atoms with Crippen LogP contribution in [0.2, 0.25) is 0 Å². The number of nitrogens with zero attached hydrogens (tertiary/aromatic N) is 3. The number of rotatable bonds is 7. The molecule has 3 amide bonds. The van der Waals surface area contributed by atoms with Gasteiger partial charge in [-0.2, -0.15) is 13.2 Å². The Hall–Kier alpha value is -4.20. The van der Waals surface area contributed by atoms with Crippen LogP contribution in [0, 0.1) is 0 Å². The Bertz CT molecular complexity index is 1830. The Labute approximate surface area is 273 Å². The number of hydrogen-bond donors (Lipinski definition) is 3. The van der Waals surface area contributed by atoms with E-state index in [1.807, 2.05) is 12.1 Å². The summed E-state index contributed by atoms with van der Waals surface area (Å²) >= 11 is 1.53. The lowest BCUT2D eigenvalue weighted by atomic mass is 9.89. The third kappa shape index (κ3) is 7.37. The van der Waals surface area contributed by atoms with Crippen LogP contribution in [-0.4, -0.2) is 50.8 Å². The van der Waals surface area contributed by atoms with E-state index >= 15 is 0 Å². The largest absolute Gasteiger partial charge is 0.433 e. The maximum absolute atomic E-state index is 13.0. The van der Waals surface area contributed by atoms with E-state index in [-0.39, 0.29) is 29.2 Å². The van der Waals surface area contributed by atoms with Crippen LogP contribution in [0.1, 0.15) is 89.1 Å². The number of halogens is 3. The van der Waals surface area contributed by atoms with Gasteiger partial charge in [0.25, 0.3) is 5.91 Å². The normalized spacial score (nSPS) is 18.4. The van der Waals surface area contributed by atoms with Crippen molar-refractivity contribution in [2.45, 2.75) is 69.7 Å². The quantitative estimate of drug-likeness (QED) is 0.204. The summed E-state index contributed by atoms with van der Waals surface area (Å²) in [6.45, 7) is 5.65. The number of aliphatic hydroxyl groups is 1. The number of aromatic nitrogens is 2. The van der Waals surface area contributed by atoms with Crippen molar-refractivity contribution in [1.82, 2.24) is 20.2 Å². The minimum absolute atomic E-state index is 0.0424. The SMILES string of the molecule is CC(C)(O)c1cc2nc(C3CCN(Cc4cccc(C5CCC(=O)NC5=O)c4)CC3)sc2cc1NC(=O)c1ccc(C(F)(F)F)nc1. The van der Waals surface area contributed by atoms with E-state index in [9.17, 15) is 32.7 Å². The van der Waals surface area contributed by atoms with E-state index < -0.39 is 23.4 Å². The first-order chi connectivity index (χ1) is 22.2.